The Kier molecular flexibility index (Phi) is 4.50. The number of imidazole rings is 1. The Morgan fingerprint density at radius 2 is 1.64 bits per heavy atom. The minimum Gasteiger partial charge on any atom is -0.497 e. The molecular weight excluding hydrogens is 338 g/mol. The molecule has 1 N–H and O–H groups in total. The van der Waals surface area contributed by atoms with Crippen molar-refractivity contribution in [3.63, 3.8) is 0 Å². The van der Waals surface area contributed by atoms with Crippen LogP contribution in [0.2, 0.25) is 0 Å². The van der Waals surface area contributed by atoms with Gasteiger partial charge >= 0.3 is 0 Å². The Labute approximate surface area is 147 Å². The molecular formula is C18H19N3O3S. The second-order valence-corrected chi connectivity index (χ2v) is 7.62. The van der Waals surface area contributed by atoms with E-state index in [4.69, 9.17) is 4.74 Å². The molecule has 6 nitrogen and oxygen atoms in total. The van der Waals surface area contributed by atoms with Crippen LogP contribution in [0.1, 0.15) is 0 Å². The van der Waals surface area contributed by atoms with Gasteiger partial charge in [-0.2, -0.15) is 0 Å². The molecule has 0 aliphatic rings. The summed E-state index contributed by atoms with van der Waals surface area (Å²) in [6, 6.07) is 16.9. The monoisotopic (exact) mass is 357 g/mol. The van der Waals surface area contributed by atoms with Gasteiger partial charge in [-0.1, -0.05) is 30.3 Å². The summed E-state index contributed by atoms with van der Waals surface area (Å²) in [5.41, 5.74) is 2.33. The first-order valence-electron chi connectivity index (χ1n) is 7.64. The van der Waals surface area contributed by atoms with Crippen molar-refractivity contribution in [2.75, 3.05) is 24.7 Å². The lowest BCUT2D eigenvalue weighted by Crippen LogP contribution is -2.25. The Hall–Kier alpha value is -2.80. The molecule has 0 bridgehead atoms. The molecule has 25 heavy (non-hydrogen) atoms. The number of methoxy groups -OCH3 is 1. The average molecular weight is 357 g/mol. The number of sulfonamides is 1. The Bertz CT molecular complexity index is 965. The van der Waals surface area contributed by atoms with Gasteiger partial charge in [0, 0.05) is 18.2 Å². The third kappa shape index (κ3) is 3.51. The maximum Gasteiger partial charge on any atom is 0.233 e. The van der Waals surface area contributed by atoms with E-state index in [1.807, 2.05) is 54.6 Å². The molecule has 1 aromatic heterocycles. The van der Waals surface area contributed by atoms with E-state index in [1.165, 1.54) is 11.4 Å². The number of nitrogens with one attached hydrogen (secondary N) is 1. The summed E-state index contributed by atoms with van der Waals surface area (Å²) in [4.78, 5) is 7.77. The van der Waals surface area contributed by atoms with Gasteiger partial charge in [0.05, 0.1) is 19.1 Å². The maximum atomic E-state index is 12.0. The van der Waals surface area contributed by atoms with Gasteiger partial charge in [-0.3, -0.25) is 4.31 Å². The predicted molar refractivity (Wildman–Crippen MR) is 99.3 cm³/mol. The minimum atomic E-state index is -3.44. The van der Waals surface area contributed by atoms with E-state index in [-0.39, 0.29) is 0 Å². The summed E-state index contributed by atoms with van der Waals surface area (Å²) in [5.74, 6) is 1.69. The van der Waals surface area contributed by atoms with Crippen LogP contribution in [0.15, 0.2) is 54.6 Å². The fraction of sp³-hybridized carbons (Fsp3) is 0.167. The van der Waals surface area contributed by atoms with E-state index in [9.17, 15) is 8.42 Å². The van der Waals surface area contributed by atoms with Gasteiger partial charge in [0.1, 0.15) is 11.6 Å². The summed E-state index contributed by atoms with van der Waals surface area (Å²) in [6.07, 6.45) is 1.15. The van der Waals surface area contributed by atoms with E-state index >= 15 is 0 Å². The molecule has 0 amide bonds. The molecule has 0 spiro atoms. The number of anilines is 1. The van der Waals surface area contributed by atoms with Gasteiger partial charge in [0.15, 0.2) is 5.82 Å². The summed E-state index contributed by atoms with van der Waals surface area (Å²) in [7, 11) is -0.350. The maximum absolute atomic E-state index is 12.0. The molecule has 0 unspecified atom stereocenters. The van der Waals surface area contributed by atoms with E-state index in [1.54, 1.807) is 7.11 Å². The zero-order valence-corrected chi connectivity index (χ0v) is 15.0. The Morgan fingerprint density at radius 1 is 1.00 bits per heavy atom. The van der Waals surface area contributed by atoms with E-state index in [0.29, 0.717) is 17.3 Å². The van der Waals surface area contributed by atoms with Crippen LogP contribution in [-0.4, -0.2) is 38.8 Å². The van der Waals surface area contributed by atoms with Gasteiger partial charge in [-0.05, 0) is 24.3 Å². The second-order valence-electron chi connectivity index (χ2n) is 5.61. The van der Waals surface area contributed by atoms with Gasteiger partial charge in [0.25, 0.3) is 0 Å². The molecule has 0 fully saturated rings. The molecule has 1 heterocycles. The lowest BCUT2D eigenvalue weighted by atomic mass is 10.1. The molecule has 0 aliphatic heterocycles. The normalized spacial score (nSPS) is 11.3. The second kappa shape index (κ2) is 6.60. The highest BCUT2D eigenvalue weighted by atomic mass is 32.2. The number of aromatic nitrogens is 2. The molecule has 0 atom stereocenters. The highest BCUT2D eigenvalue weighted by Crippen LogP contribution is 2.33. The third-order valence-electron chi connectivity index (χ3n) is 3.91. The van der Waals surface area contributed by atoms with Crippen LogP contribution in [0.5, 0.6) is 5.75 Å². The Morgan fingerprint density at radius 3 is 2.20 bits per heavy atom. The highest BCUT2D eigenvalue weighted by molar-refractivity contribution is 7.92. The van der Waals surface area contributed by atoms with Gasteiger partial charge in [-0.15, -0.1) is 0 Å². The molecule has 0 saturated heterocycles. The smallest absolute Gasteiger partial charge is 0.233 e. The van der Waals surface area contributed by atoms with Crippen molar-refractivity contribution in [3.8, 4) is 28.4 Å². The van der Waals surface area contributed by atoms with Gasteiger partial charge in [0.2, 0.25) is 10.0 Å². The fourth-order valence-corrected chi connectivity index (χ4v) is 2.89. The summed E-state index contributed by atoms with van der Waals surface area (Å²) in [5, 5.41) is 0. The number of ether oxygens (including phenoxy) is 1. The van der Waals surface area contributed by atoms with Gasteiger partial charge in [-0.25, -0.2) is 13.4 Å². The number of rotatable bonds is 5. The Balaban J connectivity index is 2.15. The number of aromatic amines is 1. The zero-order chi connectivity index (χ0) is 18.0. The summed E-state index contributed by atoms with van der Waals surface area (Å²) < 4.78 is 30.4. The van der Waals surface area contributed by atoms with Crippen molar-refractivity contribution >= 4 is 15.8 Å². The largest absolute Gasteiger partial charge is 0.497 e. The first-order chi connectivity index (χ1) is 11.9. The van der Waals surface area contributed by atoms with Crippen LogP contribution in [0, 0.1) is 0 Å². The lowest BCUT2D eigenvalue weighted by molar-refractivity contribution is 0.415. The van der Waals surface area contributed by atoms with Crippen molar-refractivity contribution in [1.82, 2.24) is 9.97 Å². The van der Waals surface area contributed by atoms with Crippen molar-refractivity contribution in [2.45, 2.75) is 0 Å². The number of hydrogen-bond acceptors (Lipinski definition) is 4. The predicted octanol–water partition coefficient (Wildman–Crippen LogP) is 3.15. The molecule has 7 heteroatoms. The van der Waals surface area contributed by atoms with Crippen molar-refractivity contribution in [2.24, 2.45) is 0 Å². The summed E-state index contributed by atoms with van der Waals surface area (Å²) in [6.45, 7) is 0. The SMILES string of the molecule is COc1ccc(-c2[nH]c(-c3ccccc3)nc2N(C)S(C)(=O)=O)cc1. The van der Waals surface area contributed by atoms with Crippen molar-refractivity contribution < 1.29 is 13.2 Å². The average Bonchev–Trinajstić information content (AvgIpc) is 3.06. The zero-order valence-electron chi connectivity index (χ0n) is 14.2. The molecule has 3 aromatic rings. The van der Waals surface area contributed by atoms with Crippen LogP contribution < -0.4 is 9.04 Å². The first kappa shape index (κ1) is 17.0. The van der Waals surface area contributed by atoms with Crippen LogP contribution in [0.25, 0.3) is 22.6 Å². The molecule has 0 radical (unpaired) electrons. The van der Waals surface area contributed by atoms with E-state index in [0.717, 1.165) is 23.1 Å². The van der Waals surface area contributed by atoms with E-state index < -0.39 is 10.0 Å². The van der Waals surface area contributed by atoms with Crippen LogP contribution in [-0.2, 0) is 10.0 Å². The quantitative estimate of drug-likeness (QED) is 0.761. The van der Waals surface area contributed by atoms with Gasteiger partial charge < -0.3 is 9.72 Å². The first-order valence-corrected chi connectivity index (χ1v) is 9.48. The topological polar surface area (TPSA) is 75.3 Å². The van der Waals surface area contributed by atoms with E-state index in [2.05, 4.69) is 9.97 Å². The lowest BCUT2D eigenvalue weighted by Gasteiger charge is -2.15. The number of benzene rings is 2. The number of H-pyrrole nitrogens is 1. The molecule has 0 saturated carbocycles. The molecule has 3 rings (SSSR count). The van der Waals surface area contributed by atoms with Crippen molar-refractivity contribution in [1.29, 1.82) is 0 Å². The van der Waals surface area contributed by atoms with Crippen LogP contribution >= 0.6 is 0 Å². The number of hydrogen-bond donors (Lipinski definition) is 1. The molecule has 2 aromatic carbocycles. The van der Waals surface area contributed by atoms with Crippen LogP contribution in [0.3, 0.4) is 0 Å². The highest BCUT2D eigenvalue weighted by Gasteiger charge is 2.22. The molecule has 130 valence electrons. The fourth-order valence-electron chi connectivity index (χ4n) is 2.44. The van der Waals surface area contributed by atoms with Crippen molar-refractivity contribution in [3.05, 3.63) is 54.6 Å². The summed E-state index contributed by atoms with van der Waals surface area (Å²) >= 11 is 0. The molecule has 0 aliphatic carbocycles. The standard InChI is InChI=1S/C18H19N3O3S/c1-21(25(3,22)23)18-16(13-9-11-15(24-2)12-10-13)19-17(20-18)14-7-5-4-6-8-14/h4-12H,1-3H3,(H,19,20). The minimum absolute atomic E-state index is 0.353. The number of nitrogens with zero attached hydrogens (tertiary/aromatic N) is 2. The van der Waals surface area contributed by atoms with Crippen LogP contribution in [0.4, 0.5) is 5.82 Å². The third-order valence-corrected chi connectivity index (χ3v) is 5.07.